The van der Waals surface area contributed by atoms with E-state index in [1.54, 1.807) is 18.2 Å². The Morgan fingerprint density at radius 1 is 1.41 bits per heavy atom. The summed E-state index contributed by atoms with van der Waals surface area (Å²) in [7, 11) is 0. The van der Waals surface area contributed by atoms with Crippen molar-refractivity contribution < 1.29 is 4.79 Å². The van der Waals surface area contributed by atoms with Gasteiger partial charge in [-0.2, -0.15) is 0 Å². The highest BCUT2D eigenvalue weighted by atomic mass is 79.9. The smallest absolute Gasteiger partial charge is 0.251 e. The molecular formula is C13H17BrN2O. The van der Waals surface area contributed by atoms with Crippen LogP contribution in [0.2, 0.25) is 0 Å². The van der Waals surface area contributed by atoms with E-state index in [9.17, 15) is 4.79 Å². The van der Waals surface area contributed by atoms with Crippen molar-refractivity contribution in [2.24, 2.45) is 5.92 Å². The number of carbonyl (C=O) groups is 1. The van der Waals surface area contributed by atoms with Crippen LogP contribution in [0.25, 0.3) is 0 Å². The average Bonchev–Trinajstić information content (AvgIpc) is 3.06. The van der Waals surface area contributed by atoms with Crippen molar-refractivity contribution in [1.82, 2.24) is 5.32 Å². The molecule has 1 fully saturated rings. The standard InChI is InChI=1S/C13H17BrN2O/c14-11-6-10(7-12(15)8-11)13(17)16-5-1-2-9-3-4-9/h6-9H,1-5,15H2,(H,16,17). The lowest BCUT2D eigenvalue weighted by Gasteiger charge is -2.06. The number of nitrogens with one attached hydrogen (secondary N) is 1. The Kier molecular flexibility index (Phi) is 4.05. The van der Waals surface area contributed by atoms with Gasteiger partial charge in [-0.3, -0.25) is 4.79 Å². The molecule has 1 aliphatic carbocycles. The molecule has 1 aromatic carbocycles. The molecule has 4 heteroatoms. The van der Waals surface area contributed by atoms with Gasteiger partial charge in [-0.05, 0) is 37.0 Å². The summed E-state index contributed by atoms with van der Waals surface area (Å²) in [6.45, 7) is 0.752. The van der Waals surface area contributed by atoms with Gasteiger partial charge >= 0.3 is 0 Å². The van der Waals surface area contributed by atoms with E-state index in [2.05, 4.69) is 21.2 Å². The van der Waals surface area contributed by atoms with Crippen LogP contribution in [-0.4, -0.2) is 12.5 Å². The summed E-state index contributed by atoms with van der Waals surface area (Å²) < 4.78 is 0.834. The molecule has 1 aromatic rings. The molecule has 0 aliphatic heterocycles. The Labute approximate surface area is 110 Å². The SMILES string of the molecule is Nc1cc(Br)cc(C(=O)NCCCC2CC2)c1. The van der Waals surface area contributed by atoms with Crippen LogP contribution in [0, 0.1) is 5.92 Å². The van der Waals surface area contributed by atoms with Gasteiger partial charge in [0.25, 0.3) is 5.91 Å². The highest BCUT2D eigenvalue weighted by Gasteiger charge is 2.20. The van der Waals surface area contributed by atoms with E-state index in [-0.39, 0.29) is 5.91 Å². The number of halogens is 1. The van der Waals surface area contributed by atoms with Gasteiger partial charge in [0, 0.05) is 22.3 Å². The fraction of sp³-hybridized carbons (Fsp3) is 0.462. The summed E-state index contributed by atoms with van der Waals surface area (Å²) in [6.07, 6.45) is 5.05. The number of nitrogen functional groups attached to an aromatic ring is 1. The van der Waals surface area contributed by atoms with E-state index in [0.29, 0.717) is 11.3 Å². The quantitative estimate of drug-likeness (QED) is 0.648. The molecule has 2 rings (SSSR count). The number of benzene rings is 1. The molecule has 3 N–H and O–H groups in total. The number of hydrogen-bond donors (Lipinski definition) is 2. The predicted molar refractivity (Wildman–Crippen MR) is 72.8 cm³/mol. The Morgan fingerprint density at radius 3 is 2.82 bits per heavy atom. The summed E-state index contributed by atoms with van der Waals surface area (Å²) in [4.78, 5) is 11.8. The molecule has 0 bridgehead atoms. The van der Waals surface area contributed by atoms with Gasteiger partial charge in [0.15, 0.2) is 0 Å². The van der Waals surface area contributed by atoms with E-state index < -0.39 is 0 Å². The minimum atomic E-state index is -0.0474. The van der Waals surface area contributed by atoms with Gasteiger partial charge in [-0.25, -0.2) is 0 Å². The van der Waals surface area contributed by atoms with Crippen LogP contribution in [0.15, 0.2) is 22.7 Å². The summed E-state index contributed by atoms with van der Waals surface area (Å²) in [6, 6.07) is 5.26. The molecule has 0 saturated heterocycles. The average molecular weight is 297 g/mol. The number of rotatable bonds is 5. The lowest BCUT2D eigenvalue weighted by Crippen LogP contribution is -2.24. The summed E-state index contributed by atoms with van der Waals surface area (Å²) in [5.74, 6) is 0.877. The first-order chi connectivity index (χ1) is 8.15. The van der Waals surface area contributed by atoms with Gasteiger partial charge in [0.2, 0.25) is 0 Å². The second-order valence-corrected chi connectivity index (χ2v) is 5.53. The van der Waals surface area contributed by atoms with Crippen LogP contribution in [0.5, 0.6) is 0 Å². The zero-order chi connectivity index (χ0) is 12.3. The highest BCUT2D eigenvalue weighted by Crippen LogP contribution is 2.33. The highest BCUT2D eigenvalue weighted by molar-refractivity contribution is 9.10. The third-order valence-electron chi connectivity index (χ3n) is 2.95. The molecule has 0 heterocycles. The molecular weight excluding hydrogens is 280 g/mol. The molecule has 92 valence electrons. The van der Waals surface area contributed by atoms with Gasteiger partial charge in [-0.15, -0.1) is 0 Å². The van der Waals surface area contributed by atoms with E-state index in [0.717, 1.165) is 23.4 Å². The van der Waals surface area contributed by atoms with E-state index >= 15 is 0 Å². The fourth-order valence-corrected chi connectivity index (χ4v) is 2.36. The van der Waals surface area contributed by atoms with Gasteiger partial charge in [0.1, 0.15) is 0 Å². The van der Waals surface area contributed by atoms with Crippen LogP contribution in [-0.2, 0) is 0 Å². The van der Waals surface area contributed by atoms with Crippen molar-refractivity contribution in [3.8, 4) is 0 Å². The molecule has 3 nitrogen and oxygen atoms in total. The van der Waals surface area contributed by atoms with E-state index in [4.69, 9.17) is 5.73 Å². The largest absolute Gasteiger partial charge is 0.399 e. The third-order valence-corrected chi connectivity index (χ3v) is 3.41. The zero-order valence-corrected chi connectivity index (χ0v) is 11.3. The molecule has 0 radical (unpaired) electrons. The predicted octanol–water partition coefficient (Wildman–Crippen LogP) is 2.95. The second-order valence-electron chi connectivity index (χ2n) is 4.61. The Morgan fingerprint density at radius 2 is 2.18 bits per heavy atom. The van der Waals surface area contributed by atoms with Crippen LogP contribution in [0.3, 0.4) is 0 Å². The van der Waals surface area contributed by atoms with Crippen molar-refractivity contribution in [3.05, 3.63) is 28.2 Å². The number of amides is 1. The second kappa shape index (κ2) is 5.54. The molecule has 17 heavy (non-hydrogen) atoms. The fourth-order valence-electron chi connectivity index (χ4n) is 1.84. The lowest BCUT2D eigenvalue weighted by molar-refractivity contribution is 0.0953. The Bertz CT molecular complexity index is 396. The normalized spacial score (nSPS) is 14.6. The van der Waals surface area contributed by atoms with Gasteiger partial charge in [0.05, 0.1) is 0 Å². The van der Waals surface area contributed by atoms with Crippen molar-refractivity contribution in [2.75, 3.05) is 12.3 Å². The minimum Gasteiger partial charge on any atom is -0.399 e. The van der Waals surface area contributed by atoms with E-state index in [1.165, 1.54) is 19.3 Å². The van der Waals surface area contributed by atoms with Crippen LogP contribution in [0.4, 0.5) is 5.69 Å². The van der Waals surface area contributed by atoms with Crippen LogP contribution >= 0.6 is 15.9 Å². The first-order valence-electron chi connectivity index (χ1n) is 5.99. The maximum absolute atomic E-state index is 11.8. The van der Waals surface area contributed by atoms with Gasteiger partial charge < -0.3 is 11.1 Å². The number of carbonyl (C=O) groups excluding carboxylic acids is 1. The van der Waals surface area contributed by atoms with Crippen LogP contribution in [0.1, 0.15) is 36.0 Å². The first kappa shape index (κ1) is 12.4. The van der Waals surface area contributed by atoms with E-state index in [1.807, 2.05) is 0 Å². The maximum Gasteiger partial charge on any atom is 0.251 e. The monoisotopic (exact) mass is 296 g/mol. The summed E-state index contributed by atoms with van der Waals surface area (Å²) in [5.41, 5.74) is 6.90. The Hall–Kier alpha value is -1.03. The molecule has 1 amide bonds. The molecule has 0 unspecified atom stereocenters. The van der Waals surface area contributed by atoms with Gasteiger partial charge in [-0.1, -0.05) is 28.8 Å². The Balaban J connectivity index is 1.80. The van der Waals surface area contributed by atoms with Crippen LogP contribution < -0.4 is 11.1 Å². The van der Waals surface area contributed by atoms with Crippen molar-refractivity contribution in [3.63, 3.8) is 0 Å². The molecule has 0 atom stereocenters. The minimum absolute atomic E-state index is 0.0474. The summed E-state index contributed by atoms with van der Waals surface area (Å²) >= 11 is 3.33. The molecule has 1 saturated carbocycles. The molecule has 0 aromatic heterocycles. The summed E-state index contributed by atoms with van der Waals surface area (Å²) in [5, 5.41) is 2.92. The molecule has 0 spiro atoms. The third kappa shape index (κ3) is 4.04. The number of nitrogens with two attached hydrogens (primary N) is 1. The number of hydrogen-bond acceptors (Lipinski definition) is 2. The topological polar surface area (TPSA) is 55.1 Å². The lowest BCUT2D eigenvalue weighted by atomic mass is 10.2. The zero-order valence-electron chi connectivity index (χ0n) is 9.71. The van der Waals surface area contributed by atoms with Crippen molar-refractivity contribution >= 4 is 27.5 Å². The molecule has 1 aliphatic rings. The maximum atomic E-state index is 11.8. The first-order valence-corrected chi connectivity index (χ1v) is 6.79. The van der Waals surface area contributed by atoms with Crippen molar-refractivity contribution in [1.29, 1.82) is 0 Å². The van der Waals surface area contributed by atoms with Crippen molar-refractivity contribution in [2.45, 2.75) is 25.7 Å². The number of anilines is 1.